The first-order chi connectivity index (χ1) is 13.9. The molecule has 0 fully saturated rings. The van der Waals surface area contributed by atoms with Crippen molar-refractivity contribution in [3.8, 4) is 0 Å². The number of aromatic nitrogens is 2. The van der Waals surface area contributed by atoms with E-state index in [1.165, 1.54) is 23.8 Å². The van der Waals surface area contributed by atoms with E-state index < -0.39 is 28.1 Å². The number of halogens is 3. The minimum Gasteiger partial charge on any atom is -0.335 e. The second kappa shape index (κ2) is 7.88. The molecule has 2 N–H and O–H groups in total. The minimum atomic E-state index is -4.74. The van der Waals surface area contributed by atoms with Gasteiger partial charge in [0.05, 0.1) is 5.69 Å². The van der Waals surface area contributed by atoms with E-state index in [1.54, 1.807) is 29.9 Å². The minimum absolute atomic E-state index is 0.0849. The molecule has 11 heteroatoms. The Balaban J connectivity index is 2.06. The molecule has 3 heterocycles. The Hall–Kier alpha value is -2.66. The van der Waals surface area contributed by atoms with Gasteiger partial charge >= 0.3 is 6.18 Å². The lowest BCUT2D eigenvalue weighted by Gasteiger charge is -2.18. The molecule has 1 aliphatic heterocycles. The summed E-state index contributed by atoms with van der Waals surface area (Å²) in [6, 6.07) is 0.962. The summed E-state index contributed by atoms with van der Waals surface area (Å²) < 4.78 is 67.6. The van der Waals surface area contributed by atoms with Gasteiger partial charge in [-0.1, -0.05) is 6.08 Å². The van der Waals surface area contributed by atoms with Crippen molar-refractivity contribution in [1.82, 2.24) is 14.3 Å². The molecule has 0 aliphatic carbocycles. The smallest absolute Gasteiger partial charge is 0.335 e. The highest BCUT2D eigenvalue weighted by atomic mass is 32.2. The molecule has 0 aromatic carbocycles. The van der Waals surface area contributed by atoms with Gasteiger partial charge in [-0.3, -0.25) is 9.78 Å². The number of carbonyl (C=O) groups excluding carboxylic acids is 1. The number of carbonyl (C=O) groups is 1. The van der Waals surface area contributed by atoms with Gasteiger partial charge < -0.3 is 9.88 Å². The molecule has 162 valence electrons. The van der Waals surface area contributed by atoms with Crippen LogP contribution in [0.5, 0.6) is 0 Å². The van der Waals surface area contributed by atoms with Crippen molar-refractivity contribution in [3.05, 3.63) is 47.1 Å². The molecule has 0 bridgehead atoms. The van der Waals surface area contributed by atoms with E-state index in [1.807, 2.05) is 0 Å². The zero-order chi connectivity index (χ0) is 22.3. The van der Waals surface area contributed by atoms with Gasteiger partial charge in [-0.2, -0.15) is 17.9 Å². The normalized spacial score (nSPS) is 15.0. The number of sulfonamides is 1. The molecule has 1 unspecified atom stereocenters. The van der Waals surface area contributed by atoms with Crippen molar-refractivity contribution in [3.63, 3.8) is 0 Å². The van der Waals surface area contributed by atoms with Gasteiger partial charge in [0.25, 0.3) is 5.91 Å². The van der Waals surface area contributed by atoms with Gasteiger partial charge in [0.1, 0.15) is 16.6 Å². The molecule has 0 spiro atoms. The zero-order valence-corrected chi connectivity index (χ0v) is 17.4. The zero-order valence-electron chi connectivity index (χ0n) is 16.5. The molecule has 2 aromatic rings. The van der Waals surface area contributed by atoms with E-state index >= 15 is 0 Å². The average molecular weight is 442 g/mol. The summed E-state index contributed by atoms with van der Waals surface area (Å²) in [5, 5.41) is 2.70. The fourth-order valence-electron chi connectivity index (χ4n) is 3.35. The van der Waals surface area contributed by atoms with Crippen LogP contribution in [0.4, 0.5) is 18.9 Å². The van der Waals surface area contributed by atoms with Crippen molar-refractivity contribution in [2.45, 2.75) is 50.9 Å². The Morgan fingerprint density at radius 3 is 2.63 bits per heavy atom. The van der Waals surface area contributed by atoms with Gasteiger partial charge in [-0.25, -0.2) is 8.42 Å². The Bertz CT molecular complexity index is 1120. The van der Waals surface area contributed by atoms with Crippen molar-refractivity contribution in [2.75, 3.05) is 5.32 Å². The predicted octanol–water partition coefficient (Wildman–Crippen LogP) is 3.40. The van der Waals surface area contributed by atoms with Gasteiger partial charge in [0, 0.05) is 29.7 Å². The lowest BCUT2D eigenvalue weighted by Crippen LogP contribution is -2.43. The lowest BCUT2D eigenvalue weighted by atomic mass is 10.2. The van der Waals surface area contributed by atoms with Gasteiger partial charge in [-0.15, -0.1) is 0 Å². The molecule has 30 heavy (non-hydrogen) atoms. The highest BCUT2D eigenvalue weighted by Gasteiger charge is 2.41. The molecule has 7 nitrogen and oxygen atoms in total. The van der Waals surface area contributed by atoms with Crippen LogP contribution in [0.15, 0.2) is 29.3 Å². The number of fused-ring (bicyclic) bond motifs is 1. The molecule has 1 aliphatic rings. The monoisotopic (exact) mass is 442 g/mol. The molecule has 1 amide bonds. The Morgan fingerprint density at radius 1 is 1.30 bits per heavy atom. The first-order valence-corrected chi connectivity index (χ1v) is 10.6. The summed E-state index contributed by atoms with van der Waals surface area (Å²) >= 11 is 0. The first kappa shape index (κ1) is 22.0. The van der Waals surface area contributed by atoms with Gasteiger partial charge in [0.2, 0.25) is 10.0 Å². The number of rotatable bonds is 5. The molecule has 1 atom stereocenters. The number of nitrogens with one attached hydrogen (secondary N) is 2. The summed E-state index contributed by atoms with van der Waals surface area (Å²) in [7, 11) is -4.54. The molecule has 0 saturated heterocycles. The molecule has 3 rings (SSSR count). The Kier molecular flexibility index (Phi) is 5.79. The summed E-state index contributed by atoms with van der Waals surface area (Å²) in [5.74, 6) is -0.556. The van der Waals surface area contributed by atoms with E-state index in [9.17, 15) is 26.4 Å². The molecule has 2 aromatic heterocycles. The largest absolute Gasteiger partial charge is 0.404 e. The van der Waals surface area contributed by atoms with Gasteiger partial charge in [-0.05, 0) is 45.4 Å². The highest BCUT2D eigenvalue weighted by molar-refractivity contribution is 7.89. The van der Waals surface area contributed by atoms with E-state index in [-0.39, 0.29) is 21.8 Å². The Morgan fingerprint density at radius 2 is 2.00 bits per heavy atom. The molecular formula is C19H21F3N4O3S. The summed E-state index contributed by atoms with van der Waals surface area (Å²) in [6.45, 7) is 4.22. The SMILES string of the molecule is Cc1cc(NC(=O)c2c(C)c(S(=O)(=O)NC(C)C(F)(F)F)c3n2CCC=C3)ccn1. The first-order valence-electron chi connectivity index (χ1n) is 9.14. The van der Waals surface area contributed by atoms with Crippen molar-refractivity contribution in [1.29, 1.82) is 0 Å². The van der Waals surface area contributed by atoms with E-state index in [0.717, 1.165) is 6.92 Å². The number of anilines is 1. The third-order valence-electron chi connectivity index (χ3n) is 4.75. The number of hydrogen-bond acceptors (Lipinski definition) is 4. The standard InChI is InChI=1S/C19H21F3N4O3S/c1-11-10-14(7-8-23-11)24-18(27)16-12(2)17(15-6-4-5-9-26(15)16)30(28,29)25-13(3)19(20,21)22/h4,6-8,10,13,25H,5,9H2,1-3H3,(H,23,24,27). The maximum Gasteiger partial charge on any atom is 0.404 e. The second-order valence-corrected chi connectivity index (χ2v) is 8.71. The van der Waals surface area contributed by atoms with E-state index in [2.05, 4.69) is 10.3 Å². The summed E-state index contributed by atoms with van der Waals surface area (Å²) in [6.07, 6.45) is 0.565. The molecule has 0 saturated carbocycles. The third-order valence-corrected chi connectivity index (χ3v) is 6.46. The molecule has 0 radical (unpaired) electrons. The quantitative estimate of drug-likeness (QED) is 0.742. The number of alkyl halides is 3. The van der Waals surface area contributed by atoms with Crippen LogP contribution in [-0.4, -0.2) is 36.1 Å². The maximum absolute atomic E-state index is 13.0. The van der Waals surface area contributed by atoms with Crippen LogP contribution in [-0.2, 0) is 16.6 Å². The van der Waals surface area contributed by atoms with Crippen molar-refractivity contribution >= 4 is 27.7 Å². The summed E-state index contributed by atoms with van der Waals surface area (Å²) in [5.41, 5.74) is 1.50. The van der Waals surface area contributed by atoms with Crippen molar-refractivity contribution in [2.24, 2.45) is 0 Å². The average Bonchev–Trinajstić information content (AvgIpc) is 2.93. The number of allylic oxidation sites excluding steroid dienone is 1. The van der Waals surface area contributed by atoms with Crippen LogP contribution in [0.25, 0.3) is 6.08 Å². The third kappa shape index (κ3) is 4.26. The lowest BCUT2D eigenvalue weighted by molar-refractivity contribution is -0.147. The number of nitrogens with zero attached hydrogens (tertiary/aromatic N) is 2. The number of hydrogen-bond donors (Lipinski definition) is 2. The van der Waals surface area contributed by atoms with Crippen molar-refractivity contribution < 1.29 is 26.4 Å². The second-order valence-electron chi connectivity index (χ2n) is 7.06. The fourth-order valence-corrected chi connectivity index (χ4v) is 5.02. The predicted molar refractivity (Wildman–Crippen MR) is 106 cm³/mol. The Labute approximate surface area is 172 Å². The maximum atomic E-state index is 13.0. The van der Waals surface area contributed by atoms with Gasteiger partial charge in [0.15, 0.2) is 0 Å². The fraction of sp³-hybridized carbons (Fsp3) is 0.368. The number of amides is 1. The van der Waals surface area contributed by atoms with E-state index in [4.69, 9.17) is 0 Å². The van der Waals surface area contributed by atoms with Crippen LogP contribution < -0.4 is 10.0 Å². The number of aryl methyl sites for hydroxylation is 1. The van der Waals surface area contributed by atoms with Crippen LogP contribution in [0.1, 0.15) is 40.8 Å². The van der Waals surface area contributed by atoms with Crippen LogP contribution in [0.3, 0.4) is 0 Å². The van der Waals surface area contributed by atoms with Crippen LogP contribution in [0.2, 0.25) is 0 Å². The summed E-state index contributed by atoms with van der Waals surface area (Å²) in [4.78, 5) is 16.7. The molecular weight excluding hydrogens is 421 g/mol. The number of pyridine rings is 1. The van der Waals surface area contributed by atoms with E-state index in [0.29, 0.717) is 24.3 Å². The van der Waals surface area contributed by atoms with Crippen LogP contribution >= 0.6 is 0 Å². The topological polar surface area (TPSA) is 93.1 Å². The highest BCUT2D eigenvalue weighted by Crippen LogP contribution is 2.32. The van der Waals surface area contributed by atoms with Crippen LogP contribution in [0, 0.1) is 13.8 Å².